The van der Waals surface area contributed by atoms with Crippen LogP contribution in [0.5, 0.6) is 5.75 Å². The van der Waals surface area contributed by atoms with E-state index in [4.69, 9.17) is 16.3 Å². The Morgan fingerprint density at radius 1 is 1.10 bits per heavy atom. The molecule has 2 aromatic carbocycles. The third-order valence-corrected chi connectivity index (χ3v) is 6.21. The molecule has 1 aromatic heterocycles. The smallest absolute Gasteiger partial charge is 0.270 e. The number of hydrogen-bond donors (Lipinski definition) is 0. The van der Waals surface area contributed by atoms with E-state index in [2.05, 4.69) is 28.5 Å². The maximum absolute atomic E-state index is 13.4. The highest BCUT2D eigenvalue weighted by atomic mass is 35.5. The van der Waals surface area contributed by atoms with Crippen molar-refractivity contribution >= 4 is 34.1 Å². The molecule has 2 aliphatic heterocycles. The van der Waals surface area contributed by atoms with Gasteiger partial charge in [0.2, 0.25) is 0 Å². The van der Waals surface area contributed by atoms with E-state index in [9.17, 15) is 4.79 Å². The summed E-state index contributed by atoms with van der Waals surface area (Å²) < 4.78 is 8.26. The van der Waals surface area contributed by atoms with Crippen LogP contribution in [0.2, 0.25) is 5.02 Å². The number of piperazine rings is 1. The Kier molecular flexibility index (Phi) is 4.63. The summed E-state index contributed by atoms with van der Waals surface area (Å²) >= 11 is 6.13. The van der Waals surface area contributed by atoms with Crippen LogP contribution in [0.25, 0.3) is 10.9 Å². The molecule has 1 fully saturated rings. The average Bonchev–Trinajstić information content (AvgIpc) is 3.13. The van der Waals surface area contributed by atoms with Crippen LogP contribution in [-0.2, 0) is 6.54 Å². The molecule has 5 rings (SSSR count). The number of aromatic nitrogens is 1. The Morgan fingerprint density at radius 2 is 1.90 bits per heavy atom. The minimum atomic E-state index is 0.103. The summed E-state index contributed by atoms with van der Waals surface area (Å²) in [5.74, 6) is 0.986. The van der Waals surface area contributed by atoms with Crippen molar-refractivity contribution in [1.29, 1.82) is 0 Å². The molecule has 3 heterocycles. The van der Waals surface area contributed by atoms with Gasteiger partial charge in [0.15, 0.2) is 0 Å². The first kappa shape index (κ1) is 18.4. The second kappa shape index (κ2) is 7.30. The van der Waals surface area contributed by atoms with Gasteiger partial charge in [0, 0.05) is 42.3 Å². The van der Waals surface area contributed by atoms with Crippen molar-refractivity contribution in [2.45, 2.75) is 26.0 Å². The Hall–Kier alpha value is -2.66. The molecule has 150 valence electrons. The SMILES string of the molecule is CC[C@H]1Cn2c(C(=O)N3CCN(c4cccc(Cl)c4)CC3)cc3cccc(c32)O1. The highest BCUT2D eigenvalue weighted by Crippen LogP contribution is 2.34. The van der Waals surface area contributed by atoms with Crippen LogP contribution >= 0.6 is 11.6 Å². The van der Waals surface area contributed by atoms with E-state index in [0.717, 1.165) is 59.1 Å². The van der Waals surface area contributed by atoms with Crippen LogP contribution in [0.1, 0.15) is 23.8 Å². The van der Waals surface area contributed by atoms with Crippen LogP contribution in [0, 0.1) is 0 Å². The third-order valence-electron chi connectivity index (χ3n) is 5.98. The second-order valence-electron chi connectivity index (χ2n) is 7.74. The predicted octanol–water partition coefficient (Wildman–Crippen LogP) is 4.43. The van der Waals surface area contributed by atoms with E-state index in [1.165, 1.54) is 0 Å². The molecule has 3 aromatic rings. The maximum Gasteiger partial charge on any atom is 0.270 e. The standard InChI is InChI=1S/C23H24ClN3O2/c1-2-19-15-27-20(13-16-5-3-8-21(29-19)22(16)27)23(28)26-11-9-25(10-12-26)18-7-4-6-17(24)14-18/h3-8,13-14,19H,2,9-12,15H2,1H3/t19-/m0/s1. The minimum Gasteiger partial charge on any atom is -0.486 e. The molecule has 29 heavy (non-hydrogen) atoms. The zero-order chi connectivity index (χ0) is 20.0. The van der Waals surface area contributed by atoms with Crippen LogP contribution < -0.4 is 9.64 Å². The van der Waals surface area contributed by atoms with E-state index in [0.29, 0.717) is 13.1 Å². The lowest BCUT2D eigenvalue weighted by Gasteiger charge is -2.36. The summed E-state index contributed by atoms with van der Waals surface area (Å²) in [6, 6.07) is 16.0. The zero-order valence-corrected chi connectivity index (χ0v) is 17.2. The van der Waals surface area contributed by atoms with Gasteiger partial charge in [-0.2, -0.15) is 0 Å². The zero-order valence-electron chi connectivity index (χ0n) is 16.5. The van der Waals surface area contributed by atoms with Crippen LogP contribution in [0.4, 0.5) is 5.69 Å². The van der Waals surface area contributed by atoms with Gasteiger partial charge in [-0.05, 0) is 36.8 Å². The molecule has 0 unspecified atom stereocenters. The van der Waals surface area contributed by atoms with Crippen molar-refractivity contribution in [1.82, 2.24) is 9.47 Å². The van der Waals surface area contributed by atoms with E-state index in [1.54, 1.807) is 0 Å². The van der Waals surface area contributed by atoms with Crippen molar-refractivity contribution in [3.63, 3.8) is 0 Å². The highest BCUT2D eigenvalue weighted by molar-refractivity contribution is 6.30. The molecule has 0 aliphatic carbocycles. The fourth-order valence-corrected chi connectivity index (χ4v) is 4.57. The van der Waals surface area contributed by atoms with Gasteiger partial charge in [0.25, 0.3) is 5.91 Å². The van der Waals surface area contributed by atoms with Gasteiger partial charge < -0.3 is 19.1 Å². The molecule has 0 bridgehead atoms. The number of amides is 1. The number of rotatable bonds is 3. The highest BCUT2D eigenvalue weighted by Gasteiger charge is 2.29. The number of nitrogens with zero attached hydrogens (tertiary/aromatic N) is 3. The molecule has 2 aliphatic rings. The normalized spacial score (nSPS) is 18.8. The molecule has 1 atom stereocenters. The van der Waals surface area contributed by atoms with E-state index < -0.39 is 0 Å². The van der Waals surface area contributed by atoms with Gasteiger partial charge in [0.05, 0.1) is 12.1 Å². The van der Waals surface area contributed by atoms with Crippen molar-refractivity contribution in [2.24, 2.45) is 0 Å². The molecule has 0 N–H and O–H groups in total. The molecule has 6 heteroatoms. The summed E-state index contributed by atoms with van der Waals surface area (Å²) in [5.41, 5.74) is 2.92. The minimum absolute atomic E-state index is 0.103. The lowest BCUT2D eigenvalue weighted by Crippen LogP contribution is -2.49. The van der Waals surface area contributed by atoms with Crippen LogP contribution in [0.3, 0.4) is 0 Å². The first-order valence-electron chi connectivity index (χ1n) is 10.2. The Morgan fingerprint density at radius 3 is 2.66 bits per heavy atom. The van der Waals surface area contributed by atoms with Crippen LogP contribution in [0.15, 0.2) is 48.5 Å². The fourth-order valence-electron chi connectivity index (χ4n) is 4.39. The van der Waals surface area contributed by atoms with Gasteiger partial charge >= 0.3 is 0 Å². The number of anilines is 1. The molecular weight excluding hydrogens is 386 g/mol. The summed E-state index contributed by atoms with van der Waals surface area (Å²) in [6.07, 6.45) is 1.02. The molecular formula is C23H24ClN3O2. The van der Waals surface area contributed by atoms with Crippen molar-refractivity contribution in [2.75, 3.05) is 31.1 Å². The predicted molar refractivity (Wildman–Crippen MR) is 116 cm³/mol. The fraction of sp³-hybridized carbons (Fsp3) is 0.348. The largest absolute Gasteiger partial charge is 0.486 e. The van der Waals surface area contributed by atoms with Gasteiger partial charge in [-0.1, -0.05) is 36.7 Å². The number of carbonyl (C=O) groups excluding carboxylic acids is 1. The number of hydrogen-bond acceptors (Lipinski definition) is 3. The van der Waals surface area contributed by atoms with Crippen molar-refractivity contribution < 1.29 is 9.53 Å². The van der Waals surface area contributed by atoms with Crippen LogP contribution in [-0.4, -0.2) is 47.7 Å². The summed E-state index contributed by atoms with van der Waals surface area (Å²) in [4.78, 5) is 17.7. The average molecular weight is 410 g/mol. The van der Waals surface area contributed by atoms with E-state index in [-0.39, 0.29) is 12.0 Å². The Labute approximate surface area is 175 Å². The maximum atomic E-state index is 13.4. The number of halogens is 1. The van der Waals surface area contributed by atoms with Gasteiger partial charge in [-0.25, -0.2) is 0 Å². The molecule has 1 amide bonds. The topological polar surface area (TPSA) is 37.7 Å². The number of benzene rings is 2. The molecule has 0 spiro atoms. The first-order valence-corrected chi connectivity index (χ1v) is 10.6. The Balaban J connectivity index is 1.38. The summed E-state index contributed by atoms with van der Waals surface area (Å²) in [5, 5.41) is 1.81. The number of carbonyl (C=O) groups is 1. The monoisotopic (exact) mass is 409 g/mol. The third kappa shape index (κ3) is 3.23. The van der Waals surface area contributed by atoms with Gasteiger partial charge in [-0.15, -0.1) is 0 Å². The van der Waals surface area contributed by atoms with Crippen molar-refractivity contribution in [3.8, 4) is 5.75 Å². The summed E-state index contributed by atoms with van der Waals surface area (Å²) in [7, 11) is 0. The number of para-hydroxylation sites is 1. The van der Waals surface area contributed by atoms with Gasteiger partial charge in [0.1, 0.15) is 17.5 Å². The molecule has 0 radical (unpaired) electrons. The lowest BCUT2D eigenvalue weighted by atomic mass is 10.2. The summed E-state index contributed by atoms with van der Waals surface area (Å²) in [6.45, 7) is 5.85. The Bertz CT molecular complexity index is 1070. The molecule has 5 nitrogen and oxygen atoms in total. The molecule has 0 saturated carbocycles. The first-order chi connectivity index (χ1) is 14.1. The number of ether oxygens (including phenoxy) is 1. The quantitative estimate of drug-likeness (QED) is 0.642. The van der Waals surface area contributed by atoms with E-state index >= 15 is 0 Å². The van der Waals surface area contributed by atoms with Gasteiger partial charge in [-0.3, -0.25) is 4.79 Å². The lowest BCUT2D eigenvalue weighted by molar-refractivity contribution is 0.0730. The second-order valence-corrected chi connectivity index (χ2v) is 8.18. The van der Waals surface area contributed by atoms with E-state index in [1.807, 2.05) is 41.3 Å². The van der Waals surface area contributed by atoms with Crippen molar-refractivity contribution in [3.05, 3.63) is 59.2 Å². The molecule has 1 saturated heterocycles.